The molecule has 0 atom stereocenters. The van der Waals surface area contributed by atoms with E-state index in [2.05, 4.69) is 4.98 Å². The number of hydrogen-bond acceptors (Lipinski definition) is 2. The molecule has 3 rings (SSSR count). The van der Waals surface area contributed by atoms with E-state index < -0.39 is 5.97 Å². The van der Waals surface area contributed by atoms with Crippen molar-refractivity contribution >= 4 is 11.6 Å². The van der Waals surface area contributed by atoms with Crippen molar-refractivity contribution in [3.05, 3.63) is 35.3 Å². The van der Waals surface area contributed by atoms with Gasteiger partial charge in [-0.05, 0) is 31.4 Å². The van der Waals surface area contributed by atoms with Gasteiger partial charge in [-0.3, -0.25) is 0 Å². The summed E-state index contributed by atoms with van der Waals surface area (Å²) in [5, 5.41) is 8.90. The number of carboxylic acid groups (broad SMARTS) is 1. The summed E-state index contributed by atoms with van der Waals surface area (Å²) in [6.07, 6.45) is 4.80. The molecule has 0 aromatic carbocycles. The molecule has 0 fully saturated rings. The van der Waals surface area contributed by atoms with E-state index in [1.165, 1.54) is 5.69 Å². The van der Waals surface area contributed by atoms with Crippen LogP contribution >= 0.6 is 0 Å². The van der Waals surface area contributed by atoms with Gasteiger partial charge in [-0.1, -0.05) is 0 Å². The highest BCUT2D eigenvalue weighted by atomic mass is 16.4. The van der Waals surface area contributed by atoms with Gasteiger partial charge in [-0.15, -0.1) is 0 Å². The van der Waals surface area contributed by atoms with E-state index in [1.807, 2.05) is 4.40 Å². The van der Waals surface area contributed by atoms with Crippen molar-refractivity contribution in [3.63, 3.8) is 0 Å². The lowest BCUT2D eigenvalue weighted by Gasteiger charge is -1.99. The monoisotopic (exact) mass is 202 g/mol. The Morgan fingerprint density at radius 1 is 1.40 bits per heavy atom. The van der Waals surface area contributed by atoms with Crippen LogP contribution in [0.4, 0.5) is 0 Å². The first-order valence-corrected chi connectivity index (χ1v) is 4.99. The molecule has 1 aliphatic carbocycles. The Hall–Kier alpha value is -1.84. The largest absolute Gasteiger partial charge is 0.478 e. The van der Waals surface area contributed by atoms with Gasteiger partial charge in [0.05, 0.1) is 11.3 Å². The molecule has 0 radical (unpaired) electrons. The zero-order valence-corrected chi connectivity index (χ0v) is 8.10. The number of aryl methyl sites for hydroxylation is 2. The highest BCUT2D eigenvalue weighted by Gasteiger charge is 2.18. The highest BCUT2D eigenvalue weighted by Crippen LogP contribution is 2.23. The molecule has 15 heavy (non-hydrogen) atoms. The van der Waals surface area contributed by atoms with E-state index in [0.717, 1.165) is 30.6 Å². The van der Waals surface area contributed by atoms with Crippen LogP contribution in [-0.4, -0.2) is 20.5 Å². The summed E-state index contributed by atoms with van der Waals surface area (Å²) in [6, 6.07) is 3.36. The Kier molecular flexibility index (Phi) is 1.59. The molecule has 2 aromatic rings. The van der Waals surface area contributed by atoms with E-state index in [-0.39, 0.29) is 0 Å². The fraction of sp³-hybridized carbons (Fsp3) is 0.273. The summed E-state index contributed by atoms with van der Waals surface area (Å²) in [5.41, 5.74) is 3.46. The first-order valence-electron chi connectivity index (χ1n) is 4.99. The predicted octanol–water partition coefficient (Wildman–Crippen LogP) is 1.52. The van der Waals surface area contributed by atoms with Crippen molar-refractivity contribution in [2.24, 2.45) is 0 Å². The first-order chi connectivity index (χ1) is 7.25. The summed E-state index contributed by atoms with van der Waals surface area (Å²) in [5.74, 6) is -0.891. The van der Waals surface area contributed by atoms with Gasteiger partial charge in [0.25, 0.3) is 0 Å². The van der Waals surface area contributed by atoms with Crippen LogP contribution in [0.2, 0.25) is 0 Å². The van der Waals surface area contributed by atoms with Crippen molar-refractivity contribution in [3.8, 4) is 0 Å². The minimum absolute atomic E-state index is 0.314. The third-order valence-electron chi connectivity index (χ3n) is 2.87. The molecule has 0 unspecified atom stereocenters. The molecule has 0 bridgehead atoms. The highest BCUT2D eigenvalue weighted by molar-refractivity contribution is 5.87. The van der Waals surface area contributed by atoms with Crippen molar-refractivity contribution in [1.82, 2.24) is 9.38 Å². The Labute approximate surface area is 86.2 Å². The van der Waals surface area contributed by atoms with Crippen LogP contribution in [0.1, 0.15) is 28.2 Å². The minimum Gasteiger partial charge on any atom is -0.478 e. The molecule has 4 heteroatoms. The molecule has 4 nitrogen and oxygen atoms in total. The number of aromatic carboxylic acids is 1. The Balaban J connectivity index is 2.29. The van der Waals surface area contributed by atoms with Crippen molar-refractivity contribution in [1.29, 1.82) is 0 Å². The first kappa shape index (κ1) is 8.47. The number of aromatic nitrogens is 2. The summed E-state index contributed by atoms with van der Waals surface area (Å²) in [4.78, 5) is 15.3. The van der Waals surface area contributed by atoms with Gasteiger partial charge < -0.3 is 9.51 Å². The summed E-state index contributed by atoms with van der Waals surface area (Å²) < 4.78 is 1.91. The van der Waals surface area contributed by atoms with E-state index in [1.54, 1.807) is 18.3 Å². The lowest BCUT2D eigenvalue weighted by atomic mass is 10.3. The summed E-state index contributed by atoms with van der Waals surface area (Å²) in [6.45, 7) is 0. The van der Waals surface area contributed by atoms with Gasteiger partial charge in [0.1, 0.15) is 5.65 Å². The average molecular weight is 202 g/mol. The summed E-state index contributed by atoms with van der Waals surface area (Å²) in [7, 11) is 0. The predicted molar refractivity (Wildman–Crippen MR) is 54.2 cm³/mol. The normalized spacial score (nSPS) is 14.4. The quantitative estimate of drug-likeness (QED) is 0.762. The summed E-state index contributed by atoms with van der Waals surface area (Å²) >= 11 is 0. The fourth-order valence-corrected chi connectivity index (χ4v) is 2.16. The van der Waals surface area contributed by atoms with Crippen molar-refractivity contribution in [2.45, 2.75) is 19.3 Å². The minimum atomic E-state index is -0.891. The van der Waals surface area contributed by atoms with Gasteiger partial charge in [-0.25, -0.2) is 9.78 Å². The average Bonchev–Trinajstić information content (AvgIpc) is 2.75. The molecular formula is C11H10N2O2. The molecule has 76 valence electrons. The number of nitrogens with zero attached hydrogens (tertiary/aromatic N) is 2. The fourth-order valence-electron chi connectivity index (χ4n) is 2.16. The lowest BCUT2D eigenvalue weighted by molar-refractivity contribution is 0.0696. The number of fused-ring (bicyclic) bond motifs is 3. The maximum Gasteiger partial charge on any atom is 0.337 e. The zero-order chi connectivity index (χ0) is 10.4. The van der Waals surface area contributed by atoms with Gasteiger partial charge in [-0.2, -0.15) is 0 Å². The smallest absolute Gasteiger partial charge is 0.337 e. The van der Waals surface area contributed by atoms with E-state index in [4.69, 9.17) is 5.11 Å². The van der Waals surface area contributed by atoms with Crippen LogP contribution in [0.3, 0.4) is 0 Å². The third kappa shape index (κ3) is 1.14. The van der Waals surface area contributed by atoms with Crippen molar-refractivity contribution in [2.75, 3.05) is 0 Å². The molecule has 0 spiro atoms. The standard InChI is InChI=1S/C11H10N2O2/c14-11(15)7-4-5-10-12-8-2-1-3-9(8)13(10)6-7/h4-6H,1-3H2,(H,14,15). The maximum atomic E-state index is 10.8. The second-order valence-electron chi connectivity index (χ2n) is 3.81. The number of pyridine rings is 1. The number of carboxylic acids is 1. The van der Waals surface area contributed by atoms with E-state index >= 15 is 0 Å². The Bertz CT molecular complexity index is 557. The lowest BCUT2D eigenvalue weighted by Crippen LogP contribution is -2.00. The van der Waals surface area contributed by atoms with Gasteiger partial charge in [0, 0.05) is 11.9 Å². The van der Waals surface area contributed by atoms with Crippen LogP contribution in [0.15, 0.2) is 18.3 Å². The molecule has 1 aliphatic rings. The van der Waals surface area contributed by atoms with Crippen LogP contribution in [-0.2, 0) is 12.8 Å². The number of carbonyl (C=O) groups is 1. The van der Waals surface area contributed by atoms with E-state index in [0.29, 0.717) is 5.56 Å². The Morgan fingerprint density at radius 3 is 3.07 bits per heavy atom. The third-order valence-corrected chi connectivity index (χ3v) is 2.87. The van der Waals surface area contributed by atoms with Crippen LogP contribution in [0.5, 0.6) is 0 Å². The molecule has 0 amide bonds. The van der Waals surface area contributed by atoms with E-state index in [9.17, 15) is 4.79 Å². The molecule has 0 aliphatic heterocycles. The second kappa shape index (κ2) is 2.82. The number of imidazole rings is 1. The molecule has 2 heterocycles. The number of rotatable bonds is 1. The van der Waals surface area contributed by atoms with Crippen LogP contribution < -0.4 is 0 Å². The molecule has 0 saturated carbocycles. The molecule has 1 N–H and O–H groups in total. The SMILES string of the molecule is O=C(O)c1ccc2nc3c(n2c1)CCC3. The maximum absolute atomic E-state index is 10.8. The van der Waals surface area contributed by atoms with Gasteiger partial charge >= 0.3 is 5.97 Å². The molecule has 2 aromatic heterocycles. The zero-order valence-electron chi connectivity index (χ0n) is 8.10. The van der Waals surface area contributed by atoms with Gasteiger partial charge in [0.15, 0.2) is 0 Å². The topological polar surface area (TPSA) is 54.6 Å². The second-order valence-corrected chi connectivity index (χ2v) is 3.81. The molecular weight excluding hydrogens is 192 g/mol. The Morgan fingerprint density at radius 2 is 2.27 bits per heavy atom. The number of hydrogen-bond donors (Lipinski definition) is 1. The van der Waals surface area contributed by atoms with Crippen LogP contribution in [0.25, 0.3) is 5.65 Å². The van der Waals surface area contributed by atoms with Gasteiger partial charge in [0.2, 0.25) is 0 Å². The van der Waals surface area contributed by atoms with Crippen LogP contribution in [0, 0.1) is 0 Å². The molecule has 0 saturated heterocycles. The van der Waals surface area contributed by atoms with Crippen molar-refractivity contribution < 1.29 is 9.90 Å².